The van der Waals surface area contributed by atoms with Crippen LogP contribution >= 0.6 is 0 Å². The number of esters is 2. The molecular formula is C23H20N2O4. The van der Waals surface area contributed by atoms with Crippen LogP contribution in [0, 0.1) is 0 Å². The van der Waals surface area contributed by atoms with Crippen molar-refractivity contribution in [1.82, 2.24) is 8.97 Å². The third kappa shape index (κ3) is 2.72. The minimum Gasteiger partial charge on any atom is -0.465 e. The van der Waals surface area contributed by atoms with Gasteiger partial charge >= 0.3 is 11.9 Å². The molecule has 0 fully saturated rings. The molecule has 6 heteroatoms. The zero-order valence-corrected chi connectivity index (χ0v) is 16.4. The summed E-state index contributed by atoms with van der Waals surface area (Å²) in [6, 6.07) is 13.9. The maximum Gasteiger partial charge on any atom is 0.356 e. The highest BCUT2D eigenvalue weighted by Gasteiger charge is 2.32. The van der Waals surface area contributed by atoms with Gasteiger partial charge in [-0.2, -0.15) is 0 Å². The summed E-state index contributed by atoms with van der Waals surface area (Å²) < 4.78 is 13.4. The fourth-order valence-electron chi connectivity index (χ4n) is 3.81. The molecule has 0 spiro atoms. The van der Waals surface area contributed by atoms with Crippen LogP contribution in [0.3, 0.4) is 0 Å². The maximum atomic E-state index is 12.8. The summed E-state index contributed by atoms with van der Waals surface area (Å²) in [6.45, 7) is 4.31. The van der Waals surface area contributed by atoms with E-state index in [9.17, 15) is 9.59 Å². The van der Waals surface area contributed by atoms with Crippen LogP contribution in [0.5, 0.6) is 0 Å². The van der Waals surface area contributed by atoms with Crippen LogP contribution in [0.25, 0.3) is 22.0 Å². The Morgan fingerprint density at radius 2 is 1.59 bits per heavy atom. The zero-order valence-electron chi connectivity index (χ0n) is 16.4. The van der Waals surface area contributed by atoms with Crippen LogP contribution in [-0.4, -0.2) is 35.1 Å². The van der Waals surface area contributed by atoms with E-state index in [1.54, 1.807) is 10.6 Å². The molecule has 0 radical (unpaired) electrons. The Morgan fingerprint density at radius 3 is 2.31 bits per heavy atom. The van der Waals surface area contributed by atoms with Crippen LogP contribution in [0.2, 0.25) is 0 Å². The van der Waals surface area contributed by atoms with Crippen molar-refractivity contribution < 1.29 is 19.1 Å². The van der Waals surface area contributed by atoms with E-state index >= 15 is 0 Å². The van der Waals surface area contributed by atoms with Gasteiger partial charge in [0.15, 0.2) is 0 Å². The highest BCUT2D eigenvalue weighted by molar-refractivity contribution is 6.12. The van der Waals surface area contributed by atoms with Crippen LogP contribution < -0.4 is 0 Å². The third-order valence-electron chi connectivity index (χ3n) is 5.14. The van der Waals surface area contributed by atoms with Crippen molar-refractivity contribution >= 4 is 33.9 Å². The molecule has 146 valence electrons. The van der Waals surface area contributed by atoms with E-state index in [4.69, 9.17) is 9.47 Å². The highest BCUT2D eigenvalue weighted by atomic mass is 16.5. The standard InChI is InChI=1S/C23H20N2O4/c1-14(16-11-7-9-15-8-5-6-10-17(15)16)18-19(22(26)28-3)20(23(27)29-4)25-13-12-24(2)21(18)25/h5-13H,1H2,2-4H3. The number of nitrogens with zero attached hydrogens (tertiary/aromatic N) is 2. The Hall–Kier alpha value is -3.80. The van der Waals surface area contributed by atoms with E-state index in [1.807, 2.05) is 60.3 Å². The second-order valence-corrected chi connectivity index (χ2v) is 6.69. The number of aryl methyl sites for hydroxylation is 1. The maximum absolute atomic E-state index is 12.8. The molecule has 0 saturated heterocycles. The second-order valence-electron chi connectivity index (χ2n) is 6.69. The quantitative estimate of drug-likeness (QED) is 0.495. The van der Waals surface area contributed by atoms with Gasteiger partial charge in [-0.15, -0.1) is 0 Å². The van der Waals surface area contributed by atoms with Gasteiger partial charge in [0.25, 0.3) is 0 Å². The Bertz CT molecular complexity index is 1290. The fraction of sp³-hybridized carbons (Fsp3) is 0.130. The van der Waals surface area contributed by atoms with E-state index in [0.717, 1.165) is 16.3 Å². The number of aromatic nitrogens is 2. The molecule has 6 nitrogen and oxygen atoms in total. The predicted octanol–water partition coefficient (Wildman–Crippen LogP) is 4.07. The molecule has 0 saturated carbocycles. The molecule has 0 N–H and O–H groups in total. The minimum atomic E-state index is -0.622. The van der Waals surface area contributed by atoms with E-state index in [1.165, 1.54) is 14.2 Å². The molecule has 29 heavy (non-hydrogen) atoms. The molecule has 2 heterocycles. The first-order valence-corrected chi connectivity index (χ1v) is 9.03. The first-order valence-electron chi connectivity index (χ1n) is 9.03. The number of carbonyl (C=O) groups is 2. The summed E-state index contributed by atoms with van der Waals surface area (Å²) in [5.74, 6) is -1.24. The van der Waals surface area contributed by atoms with Crippen molar-refractivity contribution in [2.45, 2.75) is 0 Å². The smallest absolute Gasteiger partial charge is 0.356 e. The van der Waals surface area contributed by atoms with Crippen molar-refractivity contribution in [3.05, 3.63) is 83.8 Å². The molecular weight excluding hydrogens is 368 g/mol. The van der Waals surface area contributed by atoms with E-state index in [0.29, 0.717) is 16.8 Å². The van der Waals surface area contributed by atoms with Gasteiger partial charge in [-0.1, -0.05) is 49.0 Å². The summed E-state index contributed by atoms with van der Waals surface area (Å²) in [5.41, 5.74) is 2.95. The minimum absolute atomic E-state index is 0.117. The summed E-state index contributed by atoms with van der Waals surface area (Å²) in [4.78, 5) is 25.3. The van der Waals surface area contributed by atoms with Crippen LogP contribution in [0.4, 0.5) is 0 Å². The molecule has 0 bridgehead atoms. The van der Waals surface area contributed by atoms with Crippen molar-refractivity contribution in [3.63, 3.8) is 0 Å². The lowest BCUT2D eigenvalue weighted by Gasteiger charge is -2.12. The Kier molecular flexibility index (Phi) is 4.47. The summed E-state index contributed by atoms with van der Waals surface area (Å²) in [6.07, 6.45) is 3.52. The largest absolute Gasteiger partial charge is 0.465 e. The van der Waals surface area contributed by atoms with Gasteiger partial charge in [-0.05, 0) is 21.9 Å². The number of benzene rings is 2. The van der Waals surface area contributed by atoms with Gasteiger partial charge in [0.2, 0.25) is 0 Å². The molecule has 0 atom stereocenters. The average Bonchev–Trinajstić information content (AvgIpc) is 3.29. The van der Waals surface area contributed by atoms with E-state index < -0.39 is 11.9 Å². The van der Waals surface area contributed by atoms with Crippen molar-refractivity contribution in [2.75, 3.05) is 14.2 Å². The van der Waals surface area contributed by atoms with Gasteiger partial charge in [-0.3, -0.25) is 4.40 Å². The fourth-order valence-corrected chi connectivity index (χ4v) is 3.81. The SMILES string of the molecule is C=C(c1cccc2ccccc12)c1c(C(=O)OC)c(C(=O)OC)n2ccn(C)c12. The molecule has 0 aliphatic rings. The molecule has 0 amide bonds. The molecule has 2 aromatic heterocycles. The number of imidazole rings is 1. The van der Waals surface area contributed by atoms with Crippen LogP contribution in [0.15, 0.2) is 61.4 Å². The number of fused-ring (bicyclic) bond motifs is 2. The average molecular weight is 388 g/mol. The Morgan fingerprint density at radius 1 is 0.897 bits per heavy atom. The van der Waals surface area contributed by atoms with Gasteiger partial charge in [0.05, 0.1) is 14.2 Å². The van der Waals surface area contributed by atoms with Crippen LogP contribution in [0.1, 0.15) is 32.0 Å². The summed E-state index contributed by atoms with van der Waals surface area (Å²) in [5, 5.41) is 2.06. The molecule has 0 aliphatic heterocycles. The Labute approximate surface area is 167 Å². The molecule has 0 unspecified atom stereocenters. The van der Waals surface area contributed by atoms with Crippen molar-refractivity contribution in [2.24, 2.45) is 7.05 Å². The van der Waals surface area contributed by atoms with Crippen molar-refractivity contribution in [3.8, 4) is 0 Å². The number of ether oxygens (including phenoxy) is 2. The molecule has 2 aromatic carbocycles. The lowest BCUT2D eigenvalue weighted by molar-refractivity contribution is 0.0550. The topological polar surface area (TPSA) is 61.9 Å². The summed E-state index contributed by atoms with van der Waals surface area (Å²) in [7, 11) is 4.42. The number of hydrogen-bond acceptors (Lipinski definition) is 4. The first-order chi connectivity index (χ1) is 14.0. The lowest BCUT2D eigenvalue weighted by Crippen LogP contribution is -2.13. The lowest BCUT2D eigenvalue weighted by atomic mass is 9.93. The third-order valence-corrected chi connectivity index (χ3v) is 5.14. The predicted molar refractivity (Wildman–Crippen MR) is 111 cm³/mol. The van der Waals surface area contributed by atoms with Crippen LogP contribution in [-0.2, 0) is 16.5 Å². The zero-order chi connectivity index (χ0) is 20.7. The van der Waals surface area contributed by atoms with E-state index in [2.05, 4.69) is 6.58 Å². The monoisotopic (exact) mass is 388 g/mol. The van der Waals surface area contributed by atoms with E-state index in [-0.39, 0.29) is 11.3 Å². The second kappa shape index (κ2) is 6.98. The Balaban J connectivity index is 2.09. The highest BCUT2D eigenvalue weighted by Crippen LogP contribution is 2.36. The van der Waals surface area contributed by atoms with Gasteiger partial charge in [0, 0.05) is 25.0 Å². The van der Waals surface area contributed by atoms with Crippen molar-refractivity contribution in [1.29, 1.82) is 0 Å². The van der Waals surface area contributed by atoms with Gasteiger partial charge in [-0.25, -0.2) is 9.59 Å². The van der Waals surface area contributed by atoms with Gasteiger partial charge in [0.1, 0.15) is 16.9 Å². The number of carbonyl (C=O) groups excluding carboxylic acids is 2. The van der Waals surface area contributed by atoms with Gasteiger partial charge < -0.3 is 14.0 Å². The number of hydrogen-bond donors (Lipinski definition) is 0. The normalized spacial score (nSPS) is 11.0. The molecule has 4 rings (SSSR count). The first kappa shape index (κ1) is 18.6. The molecule has 0 aliphatic carbocycles. The number of methoxy groups -OCH3 is 2. The summed E-state index contributed by atoms with van der Waals surface area (Å²) >= 11 is 0. The number of rotatable bonds is 4. The molecule has 4 aromatic rings.